The Morgan fingerprint density at radius 3 is 2.90 bits per heavy atom. The Balaban J connectivity index is 1.98. The Hall–Kier alpha value is -1.99. The van der Waals surface area contributed by atoms with E-state index in [0.717, 1.165) is 11.4 Å². The van der Waals surface area contributed by atoms with E-state index < -0.39 is 6.10 Å². The average Bonchev–Trinajstić information content (AvgIpc) is 3.03. The molecule has 3 rings (SSSR count). The summed E-state index contributed by atoms with van der Waals surface area (Å²) in [4.78, 5) is 18.7. The lowest BCUT2D eigenvalue weighted by atomic mass is 10.1. The quantitative estimate of drug-likeness (QED) is 0.796. The van der Waals surface area contributed by atoms with Crippen LogP contribution in [0.4, 0.5) is 0 Å². The summed E-state index contributed by atoms with van der Waals surface area (Å²) in [6, 6.07) is 1.70. The number of nitrogens with one attached hydrogen (secondary N) is 1. The first-order valence-electron chi connectivity index (χ1n) is 6.97. The molecule has 0 aliphatic carbocycles. The lowest BCUT2D eigenvalue weighted by molar-refractivity contribution is 0.0582. The lowest BCUT2D eigenvalue weighted by Gasteiger charge is -2.25. The molecule has 0 unspecified atom stereocenters. The van der Waals surface area contributed by atoms with Crippen LogP contribution in [0.3, 0.4) is 0 Å². The van der Waals surface area contributed by atoms with Crippen molar-refractivity contribution < 1.29 is 9.90 Å². The number of β-amino-alcohol motifs (C(OH)–C–C–N with tert-alkyl or cyclic N) is 1. The summed E-state index contributed by atoms with van der Waals surface area (Å²) in [5, 5.41) is 17.2. The minimum atomic E-state index is -0.544. The van der Waals surface area contributed by atoms with Crippen LogP contribution in [0.2, 0.25) is 0 Å². The molecule has 112 valence electrons. The molecule has 0 radical (unpaired) electrons. The summed E-state index contributed by atoms with van der Waals surface area (Å²) >= 11 is 0. The van der Waals surface area contributed by atoms with Gasteiger partial charge in [0.1, 0.15) is 5.56 Å². The van der Waals surface area contributed by atoms with E-state index in [-0.39, 0.29) is 11.9 Å². The number of aryl methyl sites for hydroxylation is 2. The third-order valence-corrected chi connectivity index (χ3v) is 3.98. The van der Waals surface area contributed by atoms with Gasteiger partial charge in [-0.2, -0.15) is 5.10 Å². The first-order valence-corrected chi connectivity index (χ1v) is 6.97. The molecule has 2 aromatic rings. The van der Waals surface area contributed by atoms with E-state index in [4.69, 9.17) is 0 Å². The Bertz CT molecular complexity index is 696. The Morgan fingerprint density at radius 2 is 2.24 bits per heavy atom. The van der Waals surface area contributed by atoms with Gasteiger partial charge >= 0.3 is 0 Å². The number of carbonyl (C=O) groups is 1. The SMILES string of the molecule is Cc1cc(C)n2ncc(C(=O)N(C)[C@H]3CNC[C@@H]3O)c2n1. The highest BCUT2D eigenvalue weighted by atomic mass is 16.3. The molecule has 1 amide bonds. The van der Waals surface area contributed by atoms with Crippen molar-refractivity contribution in [3.8, 4) is 0 Å². The van der Waals surface area contributed by atoms with Gasteiger partial charge in [-0.1, -0.05) is 0 Å². The van der Waals surface area contributed by atoms with Crippen molar-refractivity contribution in [1.29, 1.82) is 0 Å². The zero-order valence-electron chi connectivity index (χ0n) is 12.4. The number of nitrogens with zero attached hydrogens (tertiary/aromatic N) is 4. The molecule has 7 heteroatoms. The summed E-state index contributed by atoms with van der Waals surface area (Å²) in [6.07, 6.45) is 1.000. The fourth-order valence-electron chi connectivity index (χ4n) is 2.81. The molecule has 0 saturated carbocycles. The molecule has 0 spiro atoms. The summed E-state index contributed by atoms with van der Waals surface area (Å²) in [7, 11) is 1.70. The van der Waals surface area contributed by atoms with Gasteiger partial charge in [-0.05, 0) is 19.9 Å². The molecule has 7 nitrogen and oxygen atoms in total. The number of aromatic nitrogens is 3. The molecule has 21 heavy (non-hydrogen) atoms. The third kappa shape index (κ3) is 2.28. The number of carbonyl (C=O) groups excluding carboxylic acids is 1. The van der Waals surface area contributed by atoms with E-state index >= 15 is 0 Å². The van der Waals surface area contributed by atoms with Crippen LogP contribution in [-0.4, -0.2) is 62.8 Å². The molecule has 2 N–H and O–H groups in total. The van der Waals surface area contributed by atoms with Crippen molar-refractivity contribution >= 4 is 11.6 Å². The normalized spacial score (nSPS) is 21.9. The number of aliphatic hydroxyl groups excluding tert-OH is 1. The smallest absolute Gasteiger partial charge is 0.259 e. The molecular formula is C14H19N5O2. The summed E-state index contributed by atoms with van der Waals surface area (Å²) in [5.41, 5.74) is 2.80. The van der Waals surface area contributed by atoms with Crippen LogP contribution >= 0.6 is 0 Å². The predicted molar refractivity (Wildman–Crippen MR) is 77.2 cm³/mol. The molecule has 2 atom stereocenters. The summed E-state index contributed by atoms with van der Waals surface area (Å²) < 4.78 is 1.66. The minimum Gasteiger partial charge on any atom is -0.390 e. The number of rotatable bonds is 2. The zero-order chi connectivity index (χ0) is 15.1. The van der Waals surface area contributed by atoms with Gasteiger partial charge in [0, 0.05) is 31.5 Å². The van der Waals surface area contributed by atoms with E-state index in [0.29, 0.717) is 24.3 Å². The standard InChI is InChI=1S/C14H19N5O2/c1-8-4-9(2)19-13(17-8)10(5-16-19)14(21)18(3)11-6-15-7-12(11)20/h4-5,11-12,15,20H,6-7H2,1-3H3/t11-,12-/m0/s1. The van der Waals surface area contributed by atoms with Crippen LogP contribution < -0.4 is 5.32 Å². The van der Waals surface area contributed by atoms with Crippen LogP contribution in [0.25, 0.3) is 5.65 Å². The van der Waals surface area contributed by atoms with Crippen LogP contribution in [0.1, 0.15) is 21.7 Å². The number of likely N-dealkylation sites (N-methyl/N-ethyl adjacent to an activating group) is 1. The Labute approximate surface area is 122 Å². The highest BCUT2D eigenvalue weighted by molar-refractivity contribution is 5.99. The molecule has 1 saturated heterocycles. The first-order chi connectivity index (χ1) is 9.99. The van der Waals surface area contributed by atoms with Gasteiger partial charge in [0.15, 0.2) is 5.65 Å². The van der Waals surface area contributed by atoms with Crippen LogP contribution in [-0.2, 0) is 0 Å². The first kappa shape index (κ1) is 14.0. The zero-order valence-corrected chi connectivity index (χ0v) is 12.4. The van der Waals surface area contributed by atoms with Crippen molar-refractivity contribution in [2.24, 2.45) is 0 Å². The maximum absolute atomic E-state index is 12.7. The highest BCUT2D eigenvalue weighted by Gasteiger charge is 2.32. The van der Waals surface area contributed by atoms with Crippen molar-refractivity contribution in [2.45, 2.75) is 26.0 Å². The topological polar surface area (TPSA) is 82.8 Å². The lowest BCUT2D eigenvalue weighted by Crippen LogP contribution is -2.44. The molecule has 1 aliphatic heterocycles. The highest BCUT2D eigenvalue weighted by Crippen LogP contribution is 2.16. The second-order valence-electron chi connectivity index (χ2n) is 5.54. The monoisotopic (exact) mass is 289 g/mol. The molecule has 0 aromatic carbocycles. The van der Waals surface area contributed by atoms with Gasteiger partial charge in [-0.15, -0.1) is 0 Å². The molecular weight excluding hydrogens is 270 g/mol. The second kappa shape index (κ2) is 5.09. The minimum absolute atomic E-state index is 0.171. The van der Waals surface area contributed by atoms with Crippen LogP contribution in [0, 0.1) is 13.8 Å². The van der Waals surface area contributed by atoms with Gasteiger partial charge in [0.2, 0.25) is 0 Å². The third-order valence-electron chi connectivity index (χ3n) is 3.98. The molecule has 3 heterocycles. The predicted octanol–water partition coefficient (Wildman–Crippen LogP) is -0.249. The number of hydrogen-bond acceptors (Lipinski definition) is 5. The maximum Gasteiger partial charge on any atom is 0.259 e. The van der Waals surface area contributed by atoms with E-state index in [1.165, 1.54) is 0 Å². The Morgan fingerprint density at radius 1 is 1.48 bits per heavy atom. The maximum atomic E-state index is 12.7. The van der Waals surface area contributed by atoms with Gasteiger partial charge in [-0.3, -0.25) is 4.79 Å². The van der Waals surface area contributed by atoms with Gasteiger partial charge in [0.25, 0.3) is 5.91 Å². The van der Waals surface area contributed by atoms with Crippen LogP contribution in [0.5, 0.6) is 0 Å². The van der Waals surface area contributed by atoms with Crippen molar-refractivity contribution in [2.75, 3.05) is 20.1 Å². The summed E-state index contributed by atoms with van der Waals surface area (Å²) in [5.74, 6) is -0.171. The van der Waals surface area contributed by atoms with Crippen molar-refractivity contribution in [3.05, 3.63) is 29.2 Å². The van der Waals surface area contributed by atoms with Crippen molar-refractivity contribution in [3.63, 3.8) is 0 Å². The number of aliphatic hydroxyl groups is 1. The van der Waals surface area contributed by atoms with Gasteiger partial charge < -0.3 is 15.3 Å². The van der Waals surface area contributed by atoms with E-state index in [9.17, 15) is 9.90 Å². The van der Waals surface area contributed by atoms with E-state index in [1.807, 2.05) is 19.9 Å². The Kier molecular flexibility index (Phi) is 3.38. The van der Waals surface area contributed by atoms with Gasteiger partial charge in [-0.25, -0.2) is 9.50 Å². The van der Waals surface area contributed by atoms with Crippen LogP contribution in [0.15, 0.2) is 12.3 Å². The van der Waals surface area contributed by atoms with E-state index in [1.54, 1.807) is 22.7 Å². The van der Waals surface area contributed by atoms with E-state index in [2.05, 4.69) is 15.4 Å². The fourth-order valence-corrected chi connectivity index (χ4v) is 2.81. The number of amides is 1. The fraction of sp³-hybridized carbons (Fsp3) is 0.500. The second-order valence-corrected chi connectivity index (χ2v) is 5.54. The molecule has 0 bridgehead atoms. The molecule has 1 aliphatic rings. The summed E-state index contributed by atoms with van der Waals surface area (Å²) in [6.45, 7) is 4.92. The average molecular weight is 289 g/mol. The number of hydrogen-bond donors (Lipinski definition) is 2. The van der Waals surface area contributed by atoms with Gasteiger partial charge in [0.05, 0.1) is 18.3 Å². The molecule has 1 fully saturated rings. The largest absolute Gasteiger partial charge is 0.390 e. The number of fused-ring (bicyclic) bond motifs is 1. The van der Waals surface area contributed by atoms with Crippen molar-refractivity contribution in [1.82, 2.24) is 24.8 Å². The molecule has 2 aromatic heterocycles.